The van der Waals surface area contributed by atoms with E-state index in [4.69, 9.17) is 0 Å². The van der Waals surface area contributed by atoms with Gasteiger partial charge in [0.15, 0.2) is 0 Å². The van der Waals surface area contributed by atoms with Crippen LogP contribution in [0.2, 0.25) is 0 Å². The Labute approximate surface area is 98.8 Å². The van der Waals surface area contributed by atoms with E-state index >= 15 is 0 Å². The molecule has 1 spiro atoms. The van der Waals surface area contributed by atoms with E-state index in [1.165, 1.54) is 38.8 Å². The van der Waals surface area contributed by atoms with Gasteiger partial charge in [0.2, 0.25) is 0 Å². The van der Waals surface area contributed by atoms with Crippen LogP contribution in [0.3, 0.4) is 0 Å². The number of hydrogen-bond donors (Lipinski definition) is 0. The molecular weight excluding hydrogens is 252 g/mol. The molecule has 2 nitrogen and oxygen atoms in total. The molecule has 1 aliphatic heterocycles. The van der Waals surface area contributed by atoms with Crippen molar-refractivity contribution in [3.05, 3.63) is 22.8 Å². The number of anilines is 1. The fourth-order valence-corrected chi connectivity index (χ4v) is 3.27. The molecule has 0 aromatic carbocycles. The normalized spacial score (nSPS) is 23.1. The van der Waals surface area contributed by atoms with E-state index < -0.39 is 0 Å². The number of pyridine rings is 1. The second kappa shape index (κ2) is 3.48. The van der Waals surface area contributed by atoms with Gasteiger partial charge < -0.3 is 4.90 Å². The zero-order chi connectivity index (χ0) is 10.3. The molecule has 2 heterocycles. The topological polar surface area (TPSA) is 16.1 Å². The highest BCUT2D eigenvalue weighted by atomic mass is 79.9. The van der Waals surface area contributed by atoms with Crippen LogP contribution in [-0.2, 0) is 0 Å². The maximum Gasteiger partial charge on any atom is 0.129 e. The van der Waals surface area contributed by atoms with Gasteiger partial charge in [-0.05, 0) is 40.9 Å². The molecule has 3 heteroatoms. The second-order valence-corrected chi connectivity index (χ2v) is 5.69. The molecule has 1 saturated carbocycles. The standard InChI is InChI=1S/C12H15BrN2/c13-10-4-3-5-11(14-10)15-8-12(9-15)6-1-2-7-12/h3-5H,1-2,6-9H2. The van der Waals surface area contributed by atoms with Gasteiger partial charge in [-0.1, -0.05) is 18.9 Å². The molecule has 0 radical (unpaired) electrons. The summed E-state index contributed by atoms with van der Waals surface area (Å²) in [5.41, 5.74) is 0.657. The van der Waals surface area contributed by atoms with E-state index in [-0.39, 0.29) is 0 Å². The molecule has 2 fully saturated rings. The lowest BCUT2D eigenvalue weighted by Gasteiger charge is -2.49. The van der Waals surface area contributed by atoms with Crippen LogP contribution in [0.5, 0.6) is 0 Å². The summed E-state index contributed by atoms with van der Waals surface area (Å²) in [5, 5.41) is 0. The Morgan fingerprint density at radius 3 is 2.60 bits per heavy atom. The predicted molar refractivity (Wildman–Crippen MR) is 65.1 cm³/mol. The molecule has 0 unspecified atom stereocenters. The van der Waals surface area contributed by atoms with Gasteiger partial charge in [0.05, 0.1) is 0 Å². The largest absolute Gasteiger partial charge is 0.355 e. The third kappa shape index (κ3) is 1.67. The summed E-state index contributed by atoms with van der Waals surface area (Å²) in [7, 11) is 0. The van der Waals surface area contributed by atoms with Crippen LogP contribution in [0.1, 0.15) is 25.7 Å². The average molecular weight is 267 g/mol. The maximum absolute atomic E-state index is 4.49. The zero-order valence-corrected chi connectivity index (χ0v) is 10.3. The first-order chi connectivity index (χ1) is 7.27. The SMILES string of the molecule is Brc1cccc(N2CC3(CCCC3)C2)n1. The van der Waals surface area contributed by atoms with Crippen molar-refractivity contribution in [1.82, 2.24) is 4.98 Å². The van der Waals surface area contributed by atoms with Crippen molar-refractivity contribution < 1.29 is 0 Å². The fraction of sp³-hybridized carbons (Fsp3) is 0.583. The quantitative estimate of drug-likeness (QED) is 0.726. The molecule has 1 saturated heterocycles. The fourth-order valence-electron chi connectivity index (χ4n) is 2.94. The third-order valence-corrected chi connectivity index (χ3v) is 4.18. The van der Waals surface area contributed by atoms with E-state index in [0.29, 0.717) is 5.41 Å². The Balaban J connectivity index is 1.72. The van der Waals surface area contributed by atoms with E-state index in [1.807, 2.05) is 6.07 Å². The highest BCUT2D eigenvalue weighted by Crippen LogP contribution is 2.46. The summed E-state index contributed by atoms with van der Waals surface area (Å²) >= 11 is 3.42. The monoisotopic (exact) mass is 266 g/mol. The van der Waals surface area contributed by atoms with Crippen molar-refractivity contribution in [2.24, 2.45) is 5.41 Å². The second-order valence-electron chi connectivity index (χ2n) is 4.88. The molecule has 0 bridgehead atoms. The summed E-state index contributed by atoms with van der Waals surface area (Å²) in [6, 6.07) is 6.15. The highest BCUT2D eigenvalue weighted by Gasteiger charge is 2.44. The molecule has 80 valence electrons. The van der Waals surface area contributed by atoms with E-state index in [0.717, 1.165) is 10.4 Å². The van der Waals surface area contributed by atoms with E-state index in [1.54, 1.807) is 0 Å². The molecule has 2 aliphatic rings. The van der Waals surface area contributed by atoms with Crippen molar-refractivity contribution in [1.29, 1.82) is 0 Å². The Kier molecular flexibility index (Phi) is 2.23. The Morgan fingerprint density at radius 2 is 1.93 bits per heavy atom. The van der Waals surface area contributed by atoms with Gasteiger partial charge in [0, 0.05) is 18.5 Å². The molecule has 1 aromatic heterocycles. The van der Waals surface area contributed by atoms with Crippen LogP contribution in [0.25, 0.3) is 0 Å². The smallest absolute Gasteiger partial charge is 0.129 e. The lowest BCUT2D eigenvalue weighted by molar-refractivity contribution is 0.220. The predicted octanol–water partition coefficient (Wildman–Crippen LogP) is 3.22. The van der Waals surface area contributed by atoms with Crippen LogP contribution in [0, 0.1) is 5.41 Å². The molecule has 0 N–H and O–H groups in total. The minimum Gasteiger partial charge on any atom is -0.355 e. The van der Waals surface area contributed by atoms with Crippen molar-refractivity contribution >= 4 is 21.7 Å². The van der Waals surface area contributed by atoms with Gasteiger partial charge in [0.25, 0.3) is 0 Å². The van der Waals surface area contributed by atoms with Gasteiger partial charge in [-0.2, -0.15) is 0 Å². The molecule has 3 rings (SSSR count). The third-order valence-electron chi connectivity index (χ3n) is 3.74. The molecule has 0 amide bonds. The minimum atomic E-state index is 0.657. The number of rotatable bonds is 1. The molecular formula is C12H15BrN2. The van der Waals surface area contributed by atoms with Crippen molar-refractivity contribution in [3.63, 3.8) is 0 Å². The van der Waals surface area contributed by atoms with Gasteiger partial charge in [-0.15, -0.1) is 0 Å². The molecule has 0 atom stereocenters. The van der Waals surface area contributed by atoms with Crippen molar-refractivity contribution in [2.75, 3.05) is 18.0 Å². The summed E-state index contributed by atoms with van der Waals surface area (Å²) in [6.45, 7) is 2.44. The van der Waals surface area contributed by atoms with Crippen LogP contribution < -0.4 is 4.90 Å². The van der Waals surface area contributed by atoms with E-state index in [2.05, 4.69) is 37.9 Å². The number of hydrogen-bond acceptors (Lipinski definition) is 2. The average Bonchev–Trinajstić information content (AvgIpc) is 2.64. The van der Waals surface area contributed by atoms with Crippen LogP contribution in [0.15, 0.2) is 22.8 Å². The number of halogens is 1. The van der Waals surface area contributed by atoms with Crippen molar-refractivity contribution in [3.8, 4) is 0 Å². The van der Waals surface area contributed by atoms with Gasteiger partial charge >= 0.3 is 0 Å². The Bertz CT molecular complexity index is 364. The van der Waals surface area contributed by atoms with Crippen molar-refractivity contribution in [2.45, 2.75) is 25.7 Å². The van der Waals surface area contributed by atoms with Crippen LogP contribution in [-0.4, -0.2) is 18.1 Å². The van der Waals surface area contributed by atoms with Gasteiger partial charge in [0.1, 0.15) is 10.4 Å². The van der Waals surface area contributed by atoms with Gasteiger partial charge in [-0.25, -0.2) is 4.98 Å². The van der Waals surface area contributed by atoms with Crippen LogP contribution >= 0.6 is 15.9 Å². The van der Waals surface area contributed by atoms with Crippen LogP contribution in [0.4, 0.5) is 5.82 Å². The first-order valence-corrected chi connectivity index (χ1v) is 6.44. The molecule has 15 heavy (non-hydrogen) atoms. The summed E-state index contributed by atoms with van der Waals surface area (Å²) < 4.78 is 0.937. The summed E-state index contributed by atoms with van der Waals surface area (Å²) in [4.78, 5) is 6.89. The van der Waals surface area contributed by atoms with Gasteiger partial charge in [-0.3, -0.25) is 0 Å². The number of nitrogens with zero attached hydrogens (tertiary/aromatic N) is 2. The minimum absolute atomic E-state index is 0.657. The zero-order valence-electron chi connectivity index (χ0n) is 8.75. The lowest BCUT2D eigenvalue weighted by atomic mass is 9.78. The van der Waals surface area contributed by atoms with E-state index in [9.17, 15) is 0 Å². The first-order valence-electron chi connectivity index (χ1n) is 5.65. The molecule has 1 aromatic rings. The summed E-state index contributed by atoms with van der Waals surface area (Å²) in [6.07, 6.45) is 5.72. The molecule has 1 aliphatic carbocycles. The first kappa shape index (κ1) is 9.64. The summed E-state index contributed by atoms with van der Waals surface area (Å²) in [5.74, 6) is 1.13. The Morgan fingerprint density at radius 1 is 1.20 bits per heavy atom. The number of aromatic nitrogens is 1. The highest BCUT2D eigenvalue weighted by molar-refractivity contribution is 9.10. The maximum atomic E-state index is 4.49. The Hall–Kier alpha value is -0.570. The lowest BCUT2D eigenvalue weighted by Crippen LogP contribution is -2.55.